The van der Waals surface area contributed by atoms with E-state index in [4.69, 9.17) is 5.73 Å². The fourth-order valence-corrected chi connectivity index (χ4v) is 2.01. The van der Waals surface area contributed by atoms with Crippen molar-refractivity contribution < 1.29 is 9.59 Å². The molecule has 0 aromatic heterocycles. The topological polar surface area (TPSA) is 63.4 Å². The van der Waals surface area contributed by atoms with Crippen molar-refractivity contribution in [3.8, 4) is 0 Å². The summed E-state index contributed by atoms with van der Waals surface area (Å²) in [6, 6.07) is 9.28. The number of rotatable bonds is 8. The largest absolute Gasteiger partial charge is 0.332 e. The number of amides is 1. The third-order valence-corrected chi connectivity index (χ3v) is 3.09. The minimum Gasteiger partial charge on any atom is -0.332 e. The monoisotopic (exact) mass is 262 g/mol. The van der Waals surface area contributed by atoms with E-state index in [-0.39, 0.29) is 12.5 Å². The van der Waals surface area contributed by atoms with Crippen LogP contribution in [0.2, 0.25) is 0 Å². The molecule has 0 aliphatic carbocycles. The predicted octanol–water partition coefficient (Wildman–Crippen LogP) is 1.38. The summed E-state index contributed by atoms with van der Waals surface area (Å²) in [4.78, 5) is 24.8. The zero-order chi connectivity index (χ0) is 14.1. The van der Waals surface area contributed by atoms with E-state index in [0.717, 1.165) is 24.7 Å². The molecule has 1 aromatic carbocycles. The molecule has 0 aliphatic heterocycles. The molecular weight excluding hydrogens is 240 g/mol. The van der Waals surface area contributed by atoms with Crippen LogP contribution in [0.25, 0.3) is 0 Å². The number of hydrogen-bond donors (Lipinski definition) is 1. The maximum absolute atomic E-state index is 11.9. The molecular formula is C15H22N2O2. The van der Waals surface area contributed by atoms with Crippen molar-refractivity contribution in [3.05, 3.63) is 35.9 Å². The van der Waals surface area contributed by atoms with Gasteiger partial charge in [0, 0.05) is 6.54 Å². The number of benzene rings is 1. The lowest BCUT2D eigenvalue weighted by Gasteiger charge is -2.28. The van der Waals surface area contributed by atoms with Gasteiger partial charge in [0.1, 0.15) is 6.29 Å². The quantitative estimate of drug-likeness (QED) is 0.720. The van der Waals surface area contributed by atoms with Gasteiger partial charge in [0.05, 0.1) is 12.6 Å². The predicted molar refractivity (Wildman–Crippen MR) is 75.7 cm³/mol. The highest BCUT2D eigenvalue weighted by Crippen LogP contribution is 2.09. The molecule has 0 aliphatic rings. The molecule has 0 radical (unpaired) electrons. The van der Waals surface area contributed by atoms with E-state index in [1.807, 2.05) is 30.3 Å². The maximum atomic E-state index is 11.9. The summed E-state index contributed by atoms with van der Waals surface area (Å²) in [5, 5.41) is 0. The summed E-state index contributed by atoms with van der Waals surface area (Å²) in [7, 11) is 0. The summed E-state index contributed by atoms with van der Waals surface area (Å²) in [5.74, 6) is -0.165. The first-order chi connectivity index (χ1) is 9.22. The van der Waals surface area contributed by atoms with Gasteiger partial charge in [0.2, 0.25) is 5.91 Å². The van der Waals surface area contributed by atoms with Gasteiger partial charge in [0.15, 0.2) is 0 Å². The summed E-state index contributed by atoms with van der Waals surface area (Å²) < 4.78 is 0. The summed E-state index contributed by atoms with van der Waals surface area (Å²) in [6.45, 7) is 2.59. The number of aldehydes is 1. The maximum Gasteiger partial charge on any atom is 0.236 e. The SMILES string of the molecule is CCCCN(C(=O)CN)[C@H](C=O)Cc1ccccc1. The van der Waals surface area contributed by atoms with Gasteiger partial charge in [-0.25, -0.2) is 0 Å². The van der Waals surface area contributed by atoms with E-state index in [9.17, 15) is 9.59 Å². The smallest absolute Gasteiger partial charge is 0.236 e. The van der Waals surface area contributed by atoms with Gasteiger partial charge >= 0.3 is 0 Å². The van der Waals surface area contributed by atoms with Crippen molar-refractivity contribution in [2.75, 3.05) is 13.1 Å². The van der Waals surface area contributed by atoms with Gasteiger partial charge < -0.3 is 15.4 Å². The first-order valence-electron chi connectivity index (χ1n) is 6.71. The fourth-order valence-electron chi connectivity index (χ4n) is 2.01. The van der Waals surface area contributed by atoms with Crippen molar-refractivity contribution in [2.24, 2.45) is 5.73 Å². The number of carbonyl (C=O) groups is 2. The normalized spacial score (nSPS) is 11.9. The van der Waals surface area contributed by atoms with E-state index in [2.05, 4.69) is 6.92 Å². The molecule has 0 spiro atoms. The van der Waals surface area contributed by atoms with Crippen LogP contribution in [0.3, 0.4) is 0 Å². The Bertz CT molecular complexity index is 392. The number of nitrogens with zero attached hydrogens (tertiary/aromatic N) is 1. The van der Waals surface area contributed by atoms with Crippen LogP contribution in [0.15, 0.2) is 30.3 Å². The molecule has 1 amide bonds. The molecule has 1 aromatic rings. The van der Waals surface area contributed by atoms with Gasteiger partial charge in [-0.3, -0.25) is 4.79 Å². The number of unbranched alkanes of at least 4 members (excludes halogenated alkanes) is 1. The van der Waals surface area contributed by atoms with Gasteiger partial charge in [-0.1, -0.05) is 43.7 Å². The molecule has 19 heavy (non-hydrogen) atoms. The van der Waals surface area contributed by atoms with Crippen molar-refractivity contribution in [2.45, 2.75) is 32.2 Å². The van der Waals surface area contributed by atoms with Gasteiger partial charge in [-0.15, -0.1) is 0 Å². The molecule has 2 N–H and O–H groups in total. The average Bonchev–Trinajstić information content (AvgIpc) is 2.46. The van der Waals surface area contributed by atoms with Crippen LogP contribution >= 0.6 is 0 Å². The second-order valence-corrected chi connectivity index (χ2v) is 4.54. The standard InChI is InChI=1S/C15H22N2O2/c1-2-3-9-17(15(19)11-16)14(12-18)10-13-7-5-4-6-8-13/h4-8,12,14H,2-3,9-11,16H2,1H3/t14-/m0/s1. The third-order valence-electron chi connectivity index (χ3n) is 3.09. The van der Waals surface area contributed by atoms with Gasteiger partial charge in [-0.05, 0) is 18.4 Å². The molecule has 0 fully saturated rings. The average molecular weight is 262 g/mol. The van der Waals surface area contributed by atoms with E-state index in [1.54, 1.807) is 4.90 Å². The van der Waals surface area contributed by atoms with Crippen LogP contribution in [0.4, 0.5) is 0 Å². The number of nitrogens with two attached hydrogens (primary N) is 1. The highest BCUT2D eigenvalue weighted by Gasteiger charge is 2.21. The fraction of sp³-hybridized carbons (Fsp3) is 0.467. The second-order valence-electron chi connectivity index (χ2n) is 4.54. The first kappa shape index (κ1) is 15.4. The van der Waals surface area contributed by atoms with Crippen LogP contribution < -0.4 is 5.73 Å². The molecule has 4 nitrogen and oxygen atoms in total. The van der Waals surface area contributed by atoms with Crippen molar-refractivity contribution in [1.29, 1.82) is 0 Å². The second kappa shape index (κ2) is 8.43. The molecule has 0 unspecified atom stereocenters. The van der Waals surface area contributed by atoms with Gasteiger partial charge in [-0.2, -0.15) is 0 Å². The van der Waals surface area contributed by atoms with Crippen LogP contribution in [0, 0.1) is 0 Å². The molecule has 0 saturated heterocycles. The Morgan fingerprint density at radius 3 is 2.58 bits per heavy atom. The Hall–Kier alpha value is -1.68. The van der Waals surface area contributed by atoms with Crippen LogP contribution in [0.1, 0.15) is 25.3 Å². The Balaban J connectivity index is 2.77. The van der Waals surface area contributed by atoms with Gasteiger partial charge in [0.25, 0.3) is 0 Å². The Morgan fingerprint density at radius 1 is 1.37 bits per heavy atom. The number of hydrogen-bond acceptors (Lipinski definition) is 3. The Labute approximate surface area is 114 Å². The minimum absolute atomic E-state index is 0.0527. The highest BCUT2D eigenvalue weighted by atomic mass is 16.2. The van der Waals surface area contributed by atoms with Crippen LogP contribution in [-0.4, -0.2) is 36.2 Å². The first-order valence-corrected chi connectivity index (χ1v) is 6.71. The molecule has 1 atom stereocenters. The Morgan fingerprint density at radius 2 is 2.05 bits per heavy atom. The summed E-state index contributed by atoms with van der Waals surface area (Å²) in [6.07, 6.45) is 3.24. The van der Waals surface area contributed by atoms with Crippen molar-refractivity contribution in [1.82, 2.24) is 4.90 Å². The molecule has 4 heteroatoms. The Kier molecular flexibility index (Phi) is 6.82. The summed E-state index contributed by atoms with van der Waals surface area (Å²) in [5.41, 5.74) is 6.47. The molecule has 0 saturated carbocycles. The van der Waals surface area contributed by atoms with Crippen molar-refractivity contribution >= 4 is 12.2 Å². The lowest BCUT2D eigenvalue weighted by atomic mass is 10.1. The zero-order valence-electron chi connectivity index (χ0n) is 11.4. The van der Waals surface area contributed by atoms with E-state index in [0.29, 0.717) is 13.0 Å². The molecule has 1 rings (SSSR count). The lowest BCUT2D eigenvalue weighted by Crippen LogP contribution is -2.46. The zero-order valence-corrected chi connectivity index (χ0v) is 11.4. The molecule has 0 bridgehead atoms. The highest BCUT2D eigenvalue weighted by molar-refractivity contribution is 5.81. The number of carbonyl (C=O) groups excluding carboxylic acids is 2. The molecule has 0 heterocycles. The lowest BCUT2D eigenvalue weighted by molar-refractivity contribution is -0.135. The van der Waals surface area contributed by atoms with E-state index in [1.165, 1.54) is 0 Å². The van der Waals surface area contributed by atoms with E-state index >= 15 is 0 Å². The third kappa shape index (κ3) is 4.83. The van der Waals surface area contributed by atoms with Crippen LogP contribution in [-0.2, 0) is 16.0 Å². The van der Waals surface area contributed by atoms with Crippen molar-refractivity contribution in [3.63, 3.8) is 0 Å². The minimum atomic E-state index is -0.426. The summed E-state index contributed by atoms with van der Waals surface area (Å²) >= 11 is 0. The van der Waals surface area contributed by atoms with E-state index < -0.39 is 6.04 Å². The molecule has 104 valence electrons. The van der Waals surface area contributed by atoms with Crippen LogP contribution in [0.5, 0.6) is 0 Å².